The summed E-state index contributed by atoms with van der Waals surface area (Å²) in [7, 11) is 0. The number of hydrogen-bond donors (Lipinski definition) is 0. The van der Waals surface area contributed by atoms with Gasteiger partial charge in [-0.1, -0.05) is 104 Å². The first-order chi connectivity index (χ1) is 16.6. The summed E-state index contributed by atoms with van der Waals surface area (Å²) < 4.78 is 5.22. The van der Waals surface area contributed by atoms with Crippen LogP contribution >= 0.6 is 0 Å². The van der Waals surface area contributed by atoms with E-state index in [9.17, 15) is 4.79 Å². The summed E-state index contributed by atoms with van der Waals surface area (Å²) in [5.41, 5.74) is 6.84. The number of allylic oxidation sites excluding steroid dienone is 1. The molecule has 0 amide bonds. The van der Waals surface area contributed by atoms with Crippen LogP contribution < -0.4 is 0 Å². The first-order valence-electron chi connectivity index (χ1n) is 13.4. The van der Waals surface area contributed by atoms with Gasteiger partial charge in [-0.25, -0.2) is 0 Å². The Hall–Kier alpha value is -2.61. The molecule has 0 fully saturated rings. The summed E-state index contributed by atoms with van der Waals surface area (Å²) in [6, 6.07) is 15.0. The molecule has 2 nitrogen and oxygen atoms in total. The molecule has 0 radical (unpaired) electrons. The summed E-state index contributed by atoms with van der Waals surface area (Å²) in [6.45, 7) is 16.6. The van der Waals surface area contributed by atoms with Crippen molar-refractivity contribution in [3.63, 3.8) is 0 Å². The lowest BCUT2D eigenvalue weighted by Gasteiger charge is -2.14. The molecule has 1 aliphatic rings. The van der Waals surface area contributed by atoms with E-state index in [0.29, 0.717) is 6.42 Å². The Morgan fingerprint density at radius 2 is 1.51 bits per heavy atom. The van der Waals surface area contributed by atoms with E-state index in [-0.39, 0.29) is 11.2 Å². The van der Waals surface area contributed by atoms with Gasteiger partial charge in [-0.2, -0.15) is 0 Å². The molecule has 1 aliphatic carbocycles. The molecule has 3 aromatic rings. The number of fused-ring (bicyclic) bond motifs is 2. The lowest BCUT2D eigenvalue weighted by atomic mass is 9.91. The fourth-order valence-corrected chi connectivity index (χ4v) is 3.85. The first-order valence-corrected chi connectivity index (χ1v) is 13.4. The van der Waals surface area contributed by atoms with Crippen molar-refractivity contribution in [1.29, 1.82) is 0 Å². The zero-order valence-corrected chi connectivity index (χ0v) is 23.5. The summed E-state index contributed by atoms with van der Waals surface area (Å²) in [4.78, 5) is 10.5. The molecule has 1 aromatic heterocycles. The van der Waals surface area contributed by atoms with Crippen molar-refractivity contribution in [1.82, 2.24) is 0 Å². The van der Waals surface area contributed by atoms with Gasteiger partial charge in [-0.15, -0.1) is 0 Å². The van der Waals surface area contributed by atoms with Crippen molar-refractivity contribution >= 4 is 22.8 Å². The number of unbranched alkanes of at least 4 members (excludes halogenated alkanes) is 2. The van der Waals surface area contributed by atoms with Gasteiger partial charge in [0, 0.05) is 11.8 Å². The number of benzene rings is 2. The highest BCUT2D eigenvalue weighted by Gasteiger charge is 2.11. The molecule has 0 unspecified atom stereocenters. The number of carbonyl (C=O) groups is 1. The number of rotatable bonds is 5. The molecule has 4 rings (SSSR count). The Kier molecular flexibility index (Phi) is 14.0. The summed E-state index contributed by atoms with van der Waals surface area (Å²) >= 11 is 0. The predicted molar refractivity (Wildman–Crippen MR) is 154 cm³/mol. The Morgan fingerprint density at radius 1 is 0.886 bits per heavy atom. The average Bonchev–Trinajstić information content (AvgIpc) is 3.47. The lowest BCUT2D eigenvalue weighted by molar-refractivity contribution is -0.118. The number of ketones is 1. The van der Waals surface area contributed by atoms with Crippen molar-refractivity contribution in [2.75, 3.05) is 0 Å². The number of furan rings is 1. The Bertz CT molecular complexity index is 1030. The summed E-state index contributed by atoms with van der Waals surface area (Å²) in [5.74, 6) is 0.275. The molecule has 192 valence electrons. The Labute approximate surface area is 214 Å². The van der Waals surface area contributed by atoms with Crippen LogP contribution in [0.15, 0.2) is 59.2 Å². The highest BCUT2D eigenvalue weighted by molar-refractivity contribution is 5.77. The second-order valence-corrected chi connectivity index (χ2v) is 10.4. The van der Waals surface area contributed by atoms with Crippen LogP contribution in [-0.4, -0.2) is 5.78 Å². The maximum atomic E-state index is 10.5. The molecule has 0 spiro atoms. The largest absolute Gasteiger partial charge is 0.464 e. The molecule has 0 N–H and O–H groups in total. The zero-order chi connectivity index (χ0) is 26.3. The molecular weight excluding hydrogens is 428 g/mol. The van der Waals surface area contributed by atoms with Crippen LogP contribution in [0.1, 0.15) is 103 Å². The SMILES string of the molecule is CC(=O)CC(C)(C)C.CCCCC.CCc1ccc2c(c1)C=CC2.CCc1ccc2occc2c1. The molecule has 0 atom stereocenters. The van der Waals surface area contributed by atoms with Crippen LogP contribution in [0, 0.1) is 5.41 Å². The molecule has 0 bridgehead atoms. The highest BCUT2D eigenvalue weighted by Crippen LogP contribution is 2.21. The van der Waals surface area contributed by atoms with E-state index in [0.717, 1.165) is 24.8 Å². The van der Waals surface area contributed by atoms with Crippen molar-refractivity contribution in [3.8, 4) is 0 Å². The number of hydrogen-bond acceptors (Lipinski definition) is 2. The molecular formula is C33H48O2. The molecule has 35 heavy (non-hydrogen) atoms. The minimum atomic E-state index is 0.172. The van der Waals surface area contributed by atoms with Gasteiger partial charge in [0.15, 0.2) is 0 Å². The van der Waals surface area contributed by atoms with Crippen LogP contribution in [-0.2, 0) is 24.1 Å². The standard InChI is InChI=1S/C11H12.C10H10O.C7H14O.C5H12/c1-2-9-6-7-10-4-3-5-11(10)8-9;1-2-8-3-4-10-9(7-8)5-6-11-10;1-6(8)5-7(2,3)4;1-3-5-4-2/h3,5-8H,2,4H2,1H3;3-7H,2H2,1H3;5H2,1-4H3;3-5H2,1-2H3. The molecule has 0 aliphatic heterocycles. The van der Waals surface area contributed by atoms with E-state index in [1.54, 1.807) is 13.2 Å². The Morgan fingerprint density at radius 3 is 2.03 bits per heavy atom. The minimum Gasteiger partial charge on any atom is -0.464 e. The normalized spacial score (nSPS) is 11.4. The van der Waals surface area contributed by atoms with Gasteiger partial charge in [0.25, 0.3) is 0 Å². The van der Waals surface area contributed by atoms with Gasteiger partial charge in [0.1, 0.15) is 11.4 Å². The van der Waals surface area contributed by atoms with Crippen molar-refractivity contribution in [3.05, 3.63) is 77.1 Å². The third-order valence-electron chi connectivity index (χ3n) is 5.67. The fourth-order valence-electron chi connectivity index (χ4n) is 3.85. The van der Waals surface area contributed by atoms with Gasteiger partial charge in [0.05, 0.1) is 6.26 Å². The third kappa shape index (κ3) is 12.6. The first kappa shape index (κ1) is 30.4. The Balaban J connectivity index is 0.000000244. The topological polar surface area (TPSA) is 30.2 Å². The van der Waals surface area contributed by atoms with Gasteiger partial charge >= 0.3 is 0 Å². The van der Waals surface area contributed by atoms with Crippen LogP contribution in [0.2, 0.25) is 0 Å². The van der Waals surface area contributed by atoms with Crippen molar-refractivity contribution in [2.45, 2.75) is 100 Å². The maximum Gasteiger partial charge on any atom is 0.133 e. The van der Waals surface area contributed by atoms with Crippen molar-refractivity contribution < 1.29 is 9.21 Å². The van der Waals surface area contributed by atoms with Crippen molar-refractivity contribution in [2.24, 2.45) is 5.41 Å². The number of carbonyl (C=O) groups excluding carboxylic acids is 1. The van der Waals surface area contributed by atoms with Gasteiger partial charge in [-0.3, -0.25) is 0 Å². The second kappa shape index (κ2) is 16.1. The predicted octanol–water partition coefficient (Wildman–Crippen LogP) is 10.0. The quantitative estimate of drug-likeness (QED) is 0.366. The molecule has 0 saturated carbocycles. The van der Waals surface area contributed by atoms with Crippen LogP contribution in [0.5, 0.6) is 0 Å². The number of Topliss-reactive ketones (excluding diaryl/α,β-unsaturated/α-hetero) is 1. The highest BCUT2D eigenvalue weighted by atomic mass is 16.3. The van der Waals surface area contributed by atoms with E-state index < -0.39 is 0 Å². The summed E-state index contributed by atoms with van der Waals surface area (Å²) in [6.07, 6.45) is 14.3. The minimum absolute atomic E-state index is 0.172. The van der Waals surface area contributed by atoms with Gasteiger partial charge < -0.3 is 9.21 Å². The van der Waals surface area contributed by atoms with E-state index in [1.807, 2.05) is 12.1 Å². The molecule has 1 heterocycles. The molecule has 2 aromatic carbocycles. The number of aryl methyl sites for hydroxylation is 2. The van der Waals surface area contributed by atoms with E-state index >= 15 is 0 Å². The van der Waals surface area contributed by atoms with E-state index in [4.69, 9.17) is 4.42 Å². The monoisotopic (exact) mass is 476 g/mol. The van der Waals surface area contributed by atoms with E-state index in [2.05, 4.69) is 91.0 Å². The van der Waals surface area contributed by atoms with Gasteiger partial charge in [0.2, 0.25) is 0 Å². The lowest BCUT2D eigenvalue weighted by Crippen LogP contribution is -2.09. The van der Waals surface area contributed by atoms with E-state index in [1.165, 1.54) is 46.9 Å². The average molecular weight is 477 g/mol. The third-order valence-corrected chi connectivity index (χ3v) is 5.67. The fraction of sp³-hybridized carbons (Fsp3) is 0.485. The molecule has 2 heteroatoms. The molecule has 0 saturated heterocycles. The second-order valence-electron chi connectivity index (χ2n) is 10.4. The smallest absolute Gasteiger partial charge is 0.133 e. The van der Waals surface area contributed by atoms with Crippen LogP contribution in [0.4, 0.5) is 0 Å². The van der Waals surface area contributed by atoms with Gasteiger partial charge in [-0.05, 0) is 72.1 Å². The summed E-state index contributed by atoms with van der Waals surface area (Å²) in [5, 5.41) is 1.20. The van der Waals surface area contributed by atoms with Crippen LogP contribution in [0.3, 0.4) is 0 Å². The zero-order valence-electron chi connectivity index (χ0n) is 23.5. The maximum absolute atomic E-state index is 10.5. The van der Waals surface area contributed by atoms with Crippen LogP contribution in [0.25, 0.3) is 17.0 Å².